The Hall–Kier alpha value is -2.53. The molecule has 0 spiro atoms. The minimum Gasteiger partial charge on any atom is -0.409 e. The van der Waals surface area contributed by atoms with E-state index in [4.69, 9.17) is 22.5 Å². The zero-order valence-corrected chi connectivity index (χ0v) is 12.1. The number of amidine groups is 1. The molecule has 2 aromatic rings. The highest BCUT2D eigenvalue weighted by molar-refractivity contribution is 6.30. The van der Waals surface area contributed by atoms with Crippen LogP contribution in [0.1, 0.15) is 21.5 Å². The van der Waals surface area contributed by atoms with Crippen LogP contribution in [0.25, 0.3) is 0 Å². The summed E-state index contributed by atoms with van der Waals surface area (Å²) in [5.74, 6) is -0.206. The van der Waals surface area contributed by atoms with Crippen molar-refractivity contribution in [3.63, 3.8) is 0 Å². The molecule has 0 aliphatic heterocycles. The van der Waals surface area contributed by atoms with Crippen LogP contribution in [0.4, 0.5) is 5.69 Å². The van der Waals surface area contributed by atoms with Crippen molar-refractivity contribution < 1.29 is 10.0 Å². The Bertz CT molecular complexity index is 697. The molecule has 0 aliphatic carbocycles. The predicted octanol–water partition coefficient (Wildman–Crippen LogP) is 3.00. The van der Waals surface area contributed by atoms with Gasteiger partial charge in [0.1, 0.15) is 0 Å². The second-order valence-corrected chi connectivity index (χ2v) is 4.91. The number of aryl methyl sites for hydroxylation is 1. The van der Waals surface area contributed by atoms with E-state index < -0.39 is 0 Å². The molecular weight excluding hydrogens is 290 g/mol. The minimum absolute atomic E-state index is 0.0152. The van der Waals surface area contributed by atoms with E-state index >= 15 is 0 Å². The topological polar surface area (TPSA) is 87.7 Å². The molecule has 0 bridgehead atoms. The molecule has 1 amide bonds. The van der Waals surface area contributed by atoms with Gasteiger partial charge in [-0.15, -0.1) is 0 Å². The lowest BCUT2D eigenvalue weighted by Crippen LogP contribution is -2.15. The Morgan fingerprint density at radius 1 is 1.24 bits per heavy atom. The van der Waals surface area contributed by atoms with Gasteiger partial charge in [-0.3, -0.25) is 4.79 Å². The molecule has 0 saturated carbocycles. The number of nitrogens with two attached hydrogens (primary N) is 1. The second-order valence-electron chi connectivity index (χ2n) is 4.48. The summed E-state index contributed by atoms with van der Waals surface area (Å²) < 4.78 is 0. The third kappa shape index (κ3) is 3.52. The largest absolute Gasteiger partial charge is 0.409 e. The SMILES string of the molecule is Cc1cc(Cl)ccc1C(=O)Nc1ccc(/C(N)=N/O)cc1. The third-order valence-corrected chi connectivity index (χ3v) is 3.21. The molecule has 2 rings (SSSR count). The predicted molar refractivity (Wildman–Crippen MR) is 83.1 cm³/mol. The minimum atomic E-state index is -0.222. The van der Waals surface area contributed by atoms with Gasteiger partial charge in [0, 0.05) is 21.8 Å². The summed E-state index contributed by atoms with van der Waals surface area (Å²) in [7, 11) is 0. The standard InChI is InChI=1S/C15H14ClN3O2/c1-9-8-11(16)4-7-13(9)15(20)18-12-5-2-10(3-6-12)14(17)19-21/h2-8,21H,1H3,(H2,17,19)(H,18,20). The lowest BCUT2D eigenvalue weighted by Gasteiger charge is -2.08. The lowest BCUT2D eigenvalue weighted by atomic mass is 10.1. The number of halogens is 1. The third-order valence-electron chi connectivity index (χ3n) is 2.98. The first kappa shape index (κ1) is 14.9. The highest BCUT2D eigenvalue weighted by Crippen LogP contribution is 2.17. The lowest BCUT2D eigenvalue weighted by molar-refractivity contribution is 0.102. The van der Waals surface area contributed by atoms with E-state index in [0.717, 1.165) is 5.56 Å². The zero-order chi connectivity index (χ0) is 15.4. The molecule has 108 valence electrons. The molecular formula is C15H14ClN3O2. The van der Waals surface area contributed by atoms with Crippen LogP contribution in [0.15, 0.2) is 47.6 Å². The van der Waals surface area contributed by atoms with Gasteiger partial charge in [0.15, 0.2) is 5.84 Å². The number of nitrogens with zero attached hydrogens (tertiary/aromatic N) is 1. The summed E-state index contributed by atoms with van der Waals surface area (Å²) in [4.78, 5) is 12.2. The second kappa shape index (κ2) is 6.28. The van der Waals surface area contributed by atoms with Gasteiger partial charge in [0.25, 0.3) is 5.91 Å². The summed E-state index contributed by atoms with van der Waals surface area (Å²) in [6.45, 7) is 1.82. The van der Waals surface area contributed by atoms with Gasteiger partial charge >= 0.3 is 0 Å². The first-order chi connectivity index (χ1) is 10.0. The highest BCUT2D eigenvalue weighted by atomic mass is 35.5. The average molecular weight is 304 g/mol. The van der Waals surface area contributed by atoms with Gasteiger partial charge in [-0.05, 0) is 55.0 Å². The van der Waals surface area contributed by atoms with Gasteiger partial charge in [-0.25, -0.2) is 0 Å². The fourth-order valence-electron chi connectivity index (χ4n) is 1.86. The van der Waals surface area contributed by atoms with Crippen molar-refractivity contribution in [2.75, 3.05) is 5.32 Å². The first-order valence-corrected chi connectivity index (χ1v) is 6.54. The average Bonchev–Trinajstić information content (AvgIpc) is 2.47. The number of rotatable bonds is 3. The van der Waals surface area contributed by atoms with Crippen LogP contribution in [0, 0.1) is 6.92 Å². The van der Waals surface area contributed by atoms with E-state index in [1.54, 1.807) is 42.5 Å². The van der Waals surface area contributed by atoms with E-state index in [2.05, 4.69) is 10.5 Å². The van der Waals surface area contributed by atoms with Crippen molar-refractivity contribution in [1.82, 2.24) is 0 Å². The van der Waals surface area contributed by atoms with Crippen LogP contribution in [-0.4, -0.2) is 17.0 Å². The molecule has 0 heterocycles. The Morgan fingerprint density at radius 2 is 1.90 bits per heavy atom. The van der Waals surface area contributed by atoms with Crippen molar-refractivity contribution in [2.24, 2.45) is 10.9 Å². The number of oxime groups is 1. The molecule has 0 aliphatic rings. The van der Waals surface area contributed by atoms with E-state index in [1.807, 2.05) is 6.92 Å². The number of hydrogen-bond acceptors (Lipinski definition) is 3. The Morgan fingerprint density at radius 3 is 2.48 bits per heavy atom. The van der Waals surface area contributed by atoms with E-state index in [-0.39, 0.29) is 11.7 Å². The number of anilines is 1. The van der Waals surface area contributed by atoms with Crippen LogP contribution in [0.5, 0.6) is 0 Å². The van der Waals surface area contributed by atoms with Crippen LogP contribution in [-0.2, 0) is 0 Å². The molecule has 21 heavy (non-hydrogen) atoms. The van der Waals surface area contributed by atoms with Crippen LogP contribution in [0.2, 0.25) is 5.02 Å². The number of nitrogens with one attached hydrogen (secondary N) is 1. The maximum Gasteiger partial charge on any atom is 0.255 e. The summed E-state index contributed by atoms with van der Waals surface area (Å²) in [6.07, 6.45) is 0. The molecule has 0 saturated heterocycles. The van der Waals surface area contributed by atoms with Crippen molar-refractivity contribution >= 4 is 29.0 Å². The Balaban J connectivity index is 2.16. The number of benzene rings is 2. The van der Waals surface area contributed by atoms with Crippen molar-refractivity contribution in [1.29, 1.82) is 0 Å². The first-order valence-electron chi connectivity index (χ1n) is 6.16. The number of carbonyl (C=O) groups is 1. The smallest absolute Gasteiger partial charge is 0.255 e. The van der Waals surface area contributed by atoms with Crippen LogP contribution < -0.4 is 11.1 Å². The van der Waals surface area contributed by atoms with Crippen molar-refractivity contribution in [3.05, 3.63) is 64.2 Å². The van der Waals surface area contributed by atoms with Crippen molar-refractivity contribution in [3.8, 4) is 0 Å². The summed E-state index contributed by atoms with van der Waals surface area (Å²) in [5.41, 5.74) is 8.01. The molecule has 0 atom stereocenters. The maximum absolute atomic E-state index is 12.2. The molecule has 0 aromatic heterocycles. The van der Waals surface area contributed by atoms with Crippen LogP contribution in [0.3, 0.4) is 0 Å². The van der Waals surface area contributed by atoms with Gasteiger partial charge in [0.05, 0.1) is 0 Å². The Kier molecular flexibility index (Phi) is 4.45. The van der Waals surface area contributed by atoms with Gasteiger partial charge in [-0.1, -0.05) is 16.8 Å². The monoisotopic (exact) mass is 303 g/mol. The highest BCUT2D eigenvalue weighted by Gasteiger charge is 2.09. The van der Waals surface area contributed by atoms with E-state index in [1.165, 1.54) is 0 Å². The fraction of sp³-hybridized carbons (Fsp3) is 0.0667. The van der Waals surface area contributed by atoms with E-state index in [0.29, 0.717) is 21.8 Å². The summed E-state index contributed by atoms with van der Waals surface area (Å²) >= 11 is 5.87. The molecule has 0 unspecified atom stereocenters. The summed E-state index contributed by atoms with van der Waals surface area (Å²) in [6, 6.07) is 11.7. The van der Waals surface area contributed by atoms with Gasteiger partial charge in [0.2, 0.25) is 0 Å². The fourth-order valence-corrected chi connectivity index (χ4v) is 2.09. The van der Waals surface area contributed by atoms with Gasteiger partial charge < -0.3 is 16.3 Å². The zero-order valence-electron chi connectivity index (χ0n) is 11.3. The van der Waals surface area contributed by atoms with Crippen LogP contribution >= 0.6 is 11.6 Å². The molecule has 4 N–H and O–H groups in total. The number of carbonyl (C=O) groups excluding carboxylic acids is 1. The normalized spacial score (nSPS) is 11.2. The molecule has 5 nitrogen and oxygen atoms in total. The van der Waals surface area contributed by atoms with E-state index in [9.17, 15) is 4.79 Å². The van der Waals surface area contributed by atoms with Crippen molar-refractivity contribution in [2.45, 2.75) is 6.92 Å². The number of amides is 1. The van der Waals surface area contributed by atoms with Gasteiger partial charge in [-0.2, -0.15) is 0 Å². The Labute approximate surface area is 127 Å². The summed E-state index contributed by atoms with van der Waals surface area (Å²) in [5, 5.41) is 14.9. The maximum atomic E-state index is 12.2. The quantitative estimate of drug-likeness (QED) is 0.352. The molecule has 0 radical (unpaired) electrons. The molecule has 6 heteroatoms. The molecule has 2 aromatic carbocycles. The number of hydrogen-bond donors (Lipinski definition) is 3. The molecule has 0 fully saturated rings.